The van der Waals surface area contributed by atoms with Crippen LogP contribution in [0.2, 0.25) is 0 Å². The predicted octanol–water partition coefficient (Wildman–Crippen LogP) is 1.12. The molecule has 0 amide bonds. The van der Waals surface area contributed by atoms with Crippen LogP contribution < -0.4 is 5.32 Å². The Kier molecular flexibility index (Phi) is 6.32. The second-order valence-electron chi connectivity index (χ2n) is 4.20. The second kappa shape index (κ2) is 7.79. The molecule has 0 aromatic carbocycles. The van der Waals surface area contributed by atoms with Crippen molar-refractivity contribution in [2.24, 2.45) is 0 Å². The topological polar surface area (TPSA) is 71.5 Å². The van der Waals surface area contributed by atoms with Gasteiger partial charge in [0, 0.05) is 12.7 Å². The fourth-order valence-corrected chi connectivity index (χ4v) is 1.51. The van der Waals surface area contributed by atoms with Gasteiger partial charge in [-0.15, -0.1) is 0 Å². The highest BCUT2D eigenvalue weighted by molar-refractivity contribution is 5.88. The third-order valence-electron chi connectivity index (χ3n) is 2.53. The SMILES string of the molecule is COC(=O)c1ccc(CNCCCC(C)O)nc1. The van der Waals surface area contributed by atoms with Crippen molar-refractivity contribution in [1.29, 1.82) is 0 Å². The average Bonchev–Trinajstić information content (AvgIpc) is 2.38. The van der Waals surface area contributed by atoms with Crippen molar-refractivity contribution >= 4 is 5.97 Å². The number of rotatable bonds is 7. The first-order chi connectivity index (χ1) is 8.63. The summed E-state index contributed by atoms with van der Waals surface area (Å²) in [6, 6.07) is 3.50. The zero-order valence-corrected chi connectivity index (χ0v) is 10.8. The van der Waals surface area contributed by atoms with Crippen molar-refractivity contribution < 1.29 is 14.6 Å². The maximum atomic E-state index is 11.2. The van der Waals surface area contributed by atoms with Crippen LogP contribution in [0.25, 0.3) is 0 Å². The molecule has 0 saturated heterocycles. The molecule has 1 atom stereocenters. The normalized spacial score (nSPS) is 12.2. The molecule has 1 unspecified atom stereocenters. The molecule has 2 N–H and O–H groups in total. The monoisotopic (exact) mass is 252 g/mol. The summed E-state index contributed by atoms with van der Waals surface area (Å²) in [6.07, 6.45) is 2.99. The quantitative estimate of drug-likeness (QED) is 0.562. The minimum atomic E-state index is -0.376. The first-order valence-corrected chi connectivity index (χ1v) is 6.05. The molecule has 0 saturated carbocycles. The van der Waals surface area contributed by atoms with Gasteiger partial charge in [-0.1, -0.05) is 0 Å². The van der Waals surface area contributed by atoms with Crippen molar-refractivity contribution in [3.05, 3.63) is 29.6 Å². The maximum Gasteiger partial charge on any atom is 0.339 e. The molecular weight excluding hydrogens is 232 g/mol. The summed E-state index contributed by atoms with van der Waals surface area (Å²) in [5.74, 6) is -0.376. The standard InChI is InChI=1S/C13H20N2O3/c1-10(16)4-3-7-14-9-12-6-5-11(8-15-12)13(17)18-2/h5-6,8,10,14,16H,3-4,7,9H2,1-2H3. The van der Waals surface area contributed by atoms with Crippen LogP contribution in [0.3, 0.4) is 0 Å². The molecule has 0 fully saturated rings. The molecule has 100 valence electrons. The molecule has 1 aromatic heterocycles. The van der Waals surface area contributed by atoms with E-state index in [1.807, 2.05) is 0 Å². The van der Waals surface area contributed by atoms with Crippen LogP contribution in [-0.4, -0.2) is 35.8 Å². The Balaban J connectivity index is 2.29. The van der Waals surface area contributed by atoms with E-state index in [-0.39, 0.29) is 12.1 Å². The van der Waals surface area contributed by atoms with Crippen LogP contribution in [0.15, 0.2) is 18.3 Å². The Morgan fingerprint density at radius 3 is 2.89 bits per heavy atom. The Hall–Kier alpha value is -1.46. The molecule has 0 aliphatic heterocycles. The summed E-state index contributed by atoms with van der Waals surface area (Å²) in [5, 5.41) is 12.3. The van der Waals surface area contributed by atoms with E-state index in [0.29, 0.717) is 12.1 Å². The number of esters is 1. The molecular formula is C13H20N2O3. The van der Waals surface area contributed by atoms with Crippen molar-refractivity contribution in [2.45, 2.75) is 32.4 Å². The van der Waals surface area contributed by atoms with Crippen LogP contribution in [0.1, 0.15) is 35.8 Å². The highest BCUT2D eigenvalue weighted by Crippen LogP contribution is 2.02. The maximum absolute atomic E-state index is 11.2. The third-order valence-corrected chi connectivity index (χ3v) is 2.53. The average molecular weight is 252 g/mol. The summed E-state index contributed by atoms with van der Waals surface area (Å²) >= 11 is 0. The van der Waals surface area contributed by atoms with Crippen LogP contribution in [0.5, 0.6) is 0 Å². The number of carbonyl (C=O) groups excluding carboxylic acids is 1. The van der Waals surface area contributed by atoms with Gasteiger partial charge in [0.25, 0.3) is 0 Å². The number of hydrogen-bond donors (Lipinski definition) is 2. The van der Waals surface area contributed by atoms with Crippen LogP contribution in [0.4, 0.5) is 0 Å². The summed E-state index contributed by atoms with van der Waals surface area (Å²) in [5.41, 5.74) is 1.33. The van der Waals surface area contributed by atoms with Crippen molar-refractivity contribution in [3.63, 3.8) is 0 Å². The number of aromatic nitrogens is 1. The largest absolute Gasteiger partial charge is 0.465 e. The Labute approximate surface area is 107 Å². The molecule has 0 spiro atoms. The van der Waals surface area contributed by atoms with Gasteiger partial charge in [0.05, 0.1) is 24.5 Å². The van der Waals surface area contributed by atoms with Gasteiger partial charge in [0.2, 0.25) is 0 Å². The molecule has 18 heavy (non-hydrogen) atoms. The van der Waals surface area contributed by atoms with E-state index in [4.69, 9.17) is 5.11 Å². The number of aliphatic hydroxyl groups excluding tert-OH is 1. The van der Waals surface area contributed by atoms with Gasteiger partial charge in [-0.2, -0.15) is 0 Å². The van der Waals surface area contributed by atoms with Crippen molar-refractivity contribution in [2.75, 3.05) is 13.7 Å². The number of methoxy groups -OCH3 is 1. The van der Waals surface area contributed by atoms with Gasteiger partial charge >= 0.3 is 5.97 Å². The molecule has 0 bridgehead atoms. The number of nitrogens with zero attached hydrogens (tertiary/aromatic N) is 1. The van der Waals surface area contributed by atoms with E-state index in [1.165, 1.54) is 13.3 Å². The Morgan fingerprint density at radius 1 is 1.56 bits per heavy atom. The van der Waals surface area contributed by atoms with Gasteiger partial charge in [0.1, 0.15) is 0 Å². The summed E-state index contributed by atoms with van der Waals surface area (Å²) in [4.78, 5) is 15.4. The molecule has 1 rings (SSSR count). The smallest absolute Gasteiger partial charge is 0.339 e. The fraction of sp³-hybridized carbons (Fsp3) is 0.538. The zero-order valence-electron chi connectivity index (χ0n) is 10.8. The predicted molar refractivity (Wildman–Crippen MR) is 68.2 cm³/mol. The lowest BCUT2D eigenvalue weighted by Gasteiger charge is -2.06. The molecule has 1 heterocycles. The summed E-state index contributed by atoms with van der Waals surface area (Å²) < 4.78 is 4.59. The van der Waals surface area contributed by atoms with Gasteiger partial charge in [-0.25, -0.2) is 4.79 Å². The lowest BCUT2D eigenvalue weighted by atomic mass is 10.2. The highest BCUT2D eigenvalue weighted by atomic mass is 16.5. The van der Waals surface area contributed by atoms with E-state index in [1.54, 1.807) is 19.1 Å². The number of hydrogen-bond acceptors (Lipinski definition) is 5. The Bertz CT molecular complexity index is 363. The van der Waals surface area contributed by atoms with Gasteiger partial charge in [-0.3, -0.25) is 4.98 Å². The molecule has 0 aliphatic carbocycles. The van der Waals surface area contributed by atoms with Crippen molar-refractivity contribution in [1.82, 2.24) is 10.3 Å². The Morgan fingerprint density at radius 2 is 2.33 bits per heavy atom. The lowest BCUT2D eigenvalue weighted by Crippen LogP contribution is -2.17. The van der Waals surface area contributed by atoms with Gasteiger partial charge in [0.15, 0.2) is 0 Å². The van der Waals surface area contributed by atoms with E-state index < -0.39 is 0 Å². The van der Waals surface area contributed by atoms with E-state index in [0.717, 1.165) is 25.1 Å². The molecule has 1 aromatic rings. The molecule has 5 heteroatoms. The van der Waals surface area contributed by atoms with Crippen LogP contribution >= 0.6 is 0 Å². The first-order valence-electron chi connectivity index (χ1n) is 6.05. The minimum Gasteiger partial charge on any atom is -0.465 e. The van der Waals surface area contributed by atoms with Gasteiger partial charge in [-0.05, 0) is 38.4 Å². The number of ether oxygens (including phenoxy) is 1. The van der Waals surface area contributed by atoms with Crippen LogP contribution in [-0.2, 0) is 11.3 Å². The van der Waals surface area contributed by atoms with E-state index in [9.17, 15) is 4.79 Å². The zero-order chi connectivity index (χ0) is 13.4. The second-order valence-corrected chi connectivity index (χ2v) is 4.20. The fourth-order valence-electron chi connectivity index (χ4n) is 1.51. The number of pyridine rings is 1. The van der Waals surface area contributed by atoms with E-state index in [2.05, 4.69) is 15.0 Å². The van der Waals surface area contributed by atoms with Gasteiger partial charge < -0.3 is 15.2 Å². The lowest BCUT2D eigenvalue weighted by molar-refractivity contribution is 0.0600. The molecule has 0 radical (unpaired) electrons. The molecule has 5 nitrogen and oxygen atoms in total. The number of carbonyl (C=O) groups is 1. The third kappa shape index (κ3) is 5.25. The number of aliphatic hydroxyl groups is 1. The summed E-state index contributed by atoms with van der Waals surface area (Å²) in [6.45, 7) is 3.28. The minimum absolute atomic E-state index is 0.246. The molecule has 0 aliphatic rings. The first kappa shape index (κ1) is 14.6. The van der Waals surface area contributed by atoms with E-state index >= 15 is 0 Å². The number of nitrogens with one attached hydrogen (secondary N) is 1. The van der Waals surface area contributed by atoms with Crippen LogP contribution in [0, 0.1) is 0 Å². The highest BCUT2D eigenvalue weighted by Gasteiger charge is 2.05. The van der Waals surface area contributed by atoms with Crippen molar-refractivity contribution in [3.8, 4) is 0 Å². The summed E-state index contributed by atoms with van der Waals surface area (Å²) in [7, 11) is 1.35.